The number of carbonyl (C=O) groups is 2. The highest BCUT2D eigenvalue weighted by Gasteiger charge is 2.30. The van der Waals surface area contributed by atoms with Crippen LogP contribution in [-0.4, -0.2) is 64.6 Å². The maximum Gasteiger partial charge on any atom is 0.407 e. The van der Waals surface area contributed by atoms with Crippen LogP contribution >= 0.6 is 0 Å². The first-order chi connectivity index (χ1) is 12.4. The topological polar surface area (TPSA) is 96.7 Å². The summed E-state index contributed by atoms with van der Waals surface area (Å²) in [6.45, 7) is 6.01. The number of amides is 2. The first kappa shape index (κ1) is 18.2. The summed E-state index contributed by atoms with van der Waals surface area (Å²) in [5.74, 6) is 0.149. The number of rotatable bonds is 6. The van der Waals surface area contributed by atoms with Crippen molar-refractivity contribution in [1.82, 2.24) is 20.0 Å². The van der Waals surface area contributed by atoms with Gasteiger partial charge < -0.3 is 20.1 Å². The van der Waals surface area contributed by atoms with Crippen LogP contribution in [0.1, 0.15) is 22.8 Å². The summed E-state index contributed by atoms with van der Waals surface area (Å²) in [5, 5.41) is 17.3. The molecule has 1 saturated heterocycles. The van der Waals surface area contributed by atoms with Gasteiger partial charge in [0.05, 0.1) is 11.6 Å². The van der Waals surface area contributed by atoms with Crippen LogP contribution in [0.4, 0.5) is 4.79 Å². The molecule has 26 heavy (non-hydrogen) atoms. The van der Waals surface area contributed by atoms with Crippen LogP contribution in [-0.2, 0) is 11.3 Å². The van der Waals surface area contributed by atoms with Gasteiger partial charge in [-0.05, 0) is 31.5 Å². The van der Waals surface area contributed by atoms with Crippen molar-refractivity contribution in [2.24, 2.45) is 5.92 Å². The maximum atomic E-state index is 12.4. The summed E-state index contributed by atoms with van der Waals surface area (Å²) in [4.78, 5) is 24.6. The number of aromatic nitrogens is 2. The number of carbonyl (C=O) groups excluding carboxylic acids is 1. The molecular weight excluding hydrogens is 336 g/mol. The zero-order valence-corrected chi connectivity index (χ0v) is 15.2. The number of benzene rings is 1. The molecule has 1 unspecified atom stereocenters. The van der Waals surface area contributed by atoms with Crippen molar-refractivity contribution in [2.75, 3.05) is 26.7 Å². The van der Waals surface area contributed by atoms with E-state index in [1.165, 1.54) is 4.90 Å². The zero-order chi connectivity index (χ0) is 18.8. The molecule has 8 heteroatoms. The Hall–Kier alpha value is -2.61. The Bertz CT molecular complexity index is 826. The minimum Gasteiger partial charge on any atom is -0.465 e. The predicted molar refractivity (Wildman–Crippen MR) is 96.4 cm³/mol. The van der Waals surface area contributed by atoms with Gasteiger partial charge in [0, 0.05) is 56.4 Å². The number of methoxy groups -OCH3 is 1. The Morgan fingerprint density at radius 1 is 1.42 bits per heavy atom. The molecule has 8 nitrogen and oxygen atoms in total. The average molecular weight is 360 g/mol. The van der Waals surface area contributed by atoms with Crippen LogP contribution in [0.25, 0.3) is 10.9 Å². The lowest BCUT2D eigenvalue weighted by atomic mass is 10.0. The summed E-state index contributed by atoms with van der Waals surface area (Å²) in [6, 6.07) is 3.63. The number of carboxylic acid groups (broad SMARTS) is 1. The van der Waals surface area contributed by atoms with Gasteiger partial charge in [-0.1, -0.05) is 0 Å². The third-order valence-corrected chi connectivity index (χ3v) is 4.88. The SMILES string of the molecule is COC(C)CNC(=O)c1ccc2nn(CC3CN(C(=O)O)C3)cc2c1C. The number of nitrogens with one attached hydrogen (secondary N) is 1. The van der Waals surface area contributed by atoms with Crippen molar-refractivity contribution < 1.29 is 19.4 Å². The smallest absolute Gasteiger partial charge is 0.407 e. The van der Waals surface area contributed by atoms with E-state index in [9.17, 15) is 9.59 Å². The van der Waals surface area contributed by atoms with E-state index in [1.807, 2.05) is 30.8 Å². The Balaban J connectivity index is 1.71. The second-order valence-electron chi connectivity index (χ2n) is 6.83. The molecule has 0 spiro atoms. The number of hydrogen-bond donors (Lipinski definition) is 2. The van der Waals surface area contributed by atoms with Crippen molar-refractivity contribution in [2.45, 2.75) is 26.5 Å². The second-order valence-corrected chi connectivity index (χ2v) is 6.83. The highest BCUT2D eigenvalue weighted by molar-refractivity contribution is 6.00. The molecule has 2 heterocycles. The van der Waals surface area contributed by atoms with Gasteiger partial charge in [0.2, 0.25) is 0 Å². The van der Waals surface area contributed by atoms with E-state index in [0.29, 0.717) is 31.7 Å². The molecule has 1 fully saturated rings. The molecule has 0 aliphatic carbocycles. The van der Waals surface area contributed by atoms with Crippen LogP contribution in [0, 0.1) is 12.8 Å². The van der Waals surface area contributed by atoms with E-state index < -0.39 is 6.09 Å². The fourth-order valence-electron chi connectivity index (χ4n) is 3.14. The molecular formula is C18H24N4O4. The minimum absolute atomic E-state index is 0.0430. The number of fused-ring (bicyclic) bond motifs is 1. The fraction of sp³-hybridized carbons (Fsp3) is 0.500. The number of hydrogen-bond acceptors (Lipinski definition) is 4. The Morgan fingerprint density at radius 2 is 2.15 bits per heavy atom. The van der Waals surface area contributed by atoms with Gasteiger partial charge in [-0.3, -0.25) is 9.48 Å². The number of aryl methyl sites for hydroxylation is 1. The van der Waals surface area contributed by atoms with Crippen molar-refractivity contribution in [3.8, 4) is 0 Å². The van der Waals surface area contributed by atoms with Crippen molar-refractivity contribution in [3.63, 3.8) is 0 Å². The maximum absolute atomic E-state index is 12.4. The summed E-state index contributed by atoms with van der Waals surface area (Å²) in [5.41, 5.74) is 2.34. The lowest BCUT2D eigenvalue weighted by Crippen LogP contribution is -2.50. The van der Waals surface area contributed by atoms with Gasteiger partial charge >= 0.3 is 6.09 Å². The second kappa shape index (κ2) is 7.33. The summed E-state index contributed by atoms with van der Waals surface area (Å²) in [6.07, 6.45) is 1.02. The van der Waals surface area contributed by atoms with E-state index in [1.54, 1.807) is 13.2 Å². The van der Waals surface area contributed by atoms with E-state index in [0.717, 1.165) is 16.5 Å². The Labute approximate surface area is 151 Å². The van der Waals surface area contributed by atoms with E-state index in [-0.39, 0.29) is 17.9 Å². The third-order valence-electron chi connectivity index (χ3n) is 4.88. The molecule has 1 aliphatic heterocycles. The van der Waals surface area contributed by atoms with Crippen LogP contribution < -0.4 is 5.32 Å². The molecule has 1 atom stereocenters. The molecule has 2 N–H and O–H groups in total. The molecule has 0 radical (unpaired) electrons. The number of likely N-dealkylation sites (tertiary alicyclic amines) is 1. The predicted octanol–water partition coefficient (Wildman–Crippen LogP) is 1.72. The molecule has 0 saturated carbocycles. The highest BCUT2D eigenvalue weighted by Crippen LogP contribution is 2.23. The molecule has 1 aromatic heterocycles. The summed E-state index contributed by atoms with van der Waals surface area (Å²) >= 11 is 0. The molecule has 1 aliphatic rings. The number of ether oxygens (including phenoxy) is 1. The molecule has 3 rings (SSSR count). The van der Waals surface area contributed by atoms with Crippen LogP contribution in [0.15, 0.2) is 18.3 Å². The lowest BCUT2D eigenvalue weighted by molar-refractivity contribution is 0.0732. The Morgan fingerprint density at radius 3 is 2.81 bits per heavy atom. The third kappa shape index (κ3) is 3.65. The van der Waals surface area contributed by atoms with Crippen LogP contribution in [0.3, 0.4) is 0 Å². The monoisotopic (exact) mass is 360 g/mol. The Kier molecular flexibility index (Phi) is 5.13. The van der Waals surface area contributed by atoms with Gasteiger partial charge in [-0.25, -0.2) is 4.79 Å². The largest absolute Gasteiger partial charge is 0.465 e. The first-order valence-electron chi connectivity index (χ1n) is 8.64. The zero-order valence-electron chi connectivity index (χ0n) is 15.2. The fourth-order valence-corrected chi connectivity index (χ4v) is 3.14. The lowest BCUT2D eigenvalue weighted by Gasteiger charge is -2.36. The standard InChI is InChI=1S/C18H24N4O4/c1-11(26-3)6-19-17(23)14-4-5-16-15(12(14)2)10-22(20-16)9-13-7-21(8-13)18(24)25/h4-5,10-11,13H,6-9H2,1-3H3,(H,19,23)(H,24,25). The van der Waals surface area contributed by atoms with Crippen LogP contribution in [0.5, 0.6) is 0 Å². The quantitative estimate of drug-likeness (QED) is 0.818. The molecule has 1 aromatic carbocycles. The molecule has 2 amide bonds. The molecule has 0 bridgehead atoms. The van der Waals surface area contributed by atoms with Crippen molar-refractivity contribution in [3.05, 3.63) is 29.5 Å². The summed E-state index contributed by atoms with van der Waals surface area (Å²) in [7, 11) is 1.61. The normalized spacial score (nSPS) is 15.7. The molecule has 2 aromatic rings. The van der Waals surface area contributed by atoms with Crippen molar-refractivity contribution >= 4 is 22.9 Å². The first-order valence-corrected chi connectivity index (χ1v) is 8.64. The minimum atomic E-state index is -0.874. The van der Waals surface area contributed by atoms with Gasteiger partial charge in [0.25, 0.3) is 5.91 Å². The highest BCUT2D eigenvalue weighted by atomic mass is 16.5. The molecule has 140 valence electrons. The van der Waals surface area contributed by atoms with Gasteiger partial charge in [0.15, 0.2) is 0 Å². The van der Waals surface area contributed by atoms with Crippen LogP contribution in [0.2, 0.25) is 0 Å². The van der Waals surface area contributed by atoms with Gasteiger partial charge in [0.1, 0.15) is 0 Å². The van der Waals surface area contributed by atoms with Gasteiger partial charge in [-0.2, -0.15) is 5.10 Å². The van der Waals surface area contributed by atoms with E-state index in [2.05, 4.69) is 10.4 Å². The van der Waals surface area contributed by atoms with E-state index >= 15 is 0 Å². The summed E-state index contributed by atoms with van der Waals surface area (Å²) < 4.78 is 6.99. The van der Waals surface area contributed by atoms with Gasteiger partial charge in [-0.15, -0.1) is 0 Å². The number of nitrogens with zero attached hydrogens (tertiary/aromatic N) is 3. The average Bonchev–Trinajstić information content (AvgIpc) is 2.99. The van der Waals surface area contributed by atoms with E-state index in [4.69, 9.17) is 9.84 Å². The van der Waals surface area contributed by atoms with Crippen molar-refractivity contribution in [1.29, 1.82) is 0 Å².